The largest absolute Gasteiger partial charge is 0.416 e. The molecule has 0 bridgehead atoms. The van der Waals surface area contributed by atoms with Crippen molar-refractivity contribution in [3.8, 4) is 11.1 Å². The van der Waals surface area contributed by atoms with Crippen molar-refractivity contribution in [1.29, 1.82) is 0 Å². The van der Waals surface area contributed by atoms with E-state index in [1.54, 1.807) is 0 Å². The molecule has 4 rings (SSSR count). The van der Waals surface area contributed by atoms with Crippen molar-refractivity contribution in [2.24, 2.45) is 5.92 Å². The van der Waals surface area contributed by atoms with Crippen molar-refractivity contribution >= 4 is 5.91 Å². The van der Waals surface area contributed by atoms with Gasteiger partial charge in [0.2, 0.25) is 0 Å². The number of nitrogens with zero attached hydrogens (tertiary/aromatic N) is 1. The van der Waals surface area contributed by atoms with E-state index >= 15 is 0 Å². The minimum atomic E-state index is -4.69. The van der Waals surface area contributed by atoms with E-state index < -0.39 is 23.5 Å². The van der Waals surface area contributed by atoms with Crippen LogP contribution in [0.5, 0.6) is 0 Å². The van der Waals surface area contributed by atoms with Crippen LogP contribution in [0.1, 0.15) is 40.7 Å². The fourth-order valence-corrected chi connectivity index (χ4v) is 4.35. The lowest BCUT2D eigenvalue weighted by atomic mass is 9.90. The highest BCUT2D eigenvalue weighted by atomic mass is 19.4. The predicted molar refractivity (Wildman–Crippen MR) is 120 cm³/mol. The molecule has 172 valence electrons. The Labute approximate surface area is 190 Å². The molecule has 1 fully saturated rings. The van der Waals surface area contributed by atoms with Crippen molar-refractivity contribution in [3.63, 3.8) is 0 Å². The quantitative estimate of drug-likeness (QED) is 0.380. The highest BCUT2D eigenvalue weighted by molar-refractivity contribution is 5.94. The topological polar surface area (TPSA) is 20.3 Å². The van der Waals surface area contributed by atoms with Crippen LogP contribution in [0.2, 0.25) is 0 Å². The van der Waals surface area contributed by atoms with Gasteiger partial charge in [-0.05, 0) is 66.5 Å². The first kappa shape index (κ1) is 23.0. The number of aryl methyl sites for hydroxylation is 1. The maximum atomic E-state index is 13.7. The van der Waals surface area contributed by atoms with Crippen LogP contribution in [0, 0.1) is 11.7 Å². The molecule has 1 saturated heterocycles. The van der Waals surface area contributed by atoms with Gasteiger partial charge in [-0.25, -0.2) is 4.39 Å². The molecule has 1 aliphatic rings. The van der Waals surface area contributed by atoms with Crippen molar-refractivity contribution in [3.05, 3.63) is 95.3 Å². The van der Waals surface area contributed by atoms with Gasteiger partial charge in [0.1, 0.15) is 5.82 Å². The Bertz CT molecular complexity index is 1090. The number of carbonyl (C=O) groups is 1. The number of carbonyl (C=O) groups excluding carboxylic acids is 1. The number of halogens is 4. The maximum Gasteiger partial charge on any atom is 0.416 e. The third kappa shape index (κ3) is 5.81. The number of alkyl halides is 3. The van der Waals surface area contributed by atoms with Gasteiger partial charge in [0.15, 0.2) is 0 Å². The first-order valence-electron chi connectivity index (χ1n) is 11.1. The average Bonchev–Trinajstić information content (AvgIpc) is 2.82. The van der Waals surface area contributed by atoms with Gasteiger partial charge in [0.05, 0.1) is 5.56 Å². The van der Waals surface area contributed by atoms with Crippen LogP contribution in [0.25, 0.3) is 11.1 Å². The molecule has 6 heteroatoms. The number of hydrogen-bond donors (Lipinski definition) is 0. The lowest BCUT2D eigenvalue weighted by molar-refractivity contribution is -0.137. The Balaban J connectivity index is 1.30. The van der Waals surface area contributed by atoms with Crippen LogP contribution >= 0.6 is 0 Å². The number of hydrogen-bond acceptors (Lipinski definition) is 1. The minimum absolute atomic E-state index is 0.251. The summed E-state index contributed by atoms with van der Waals surface area (Å²) in [5.74, 6) is -1.16. The SMILES string of the molecule is O=C(c1cc(F)cc(C(F)(F)F)c1)N1CCC(CCc2ccc(-c3ccccc3)cc2)CC1. The van der Waals surface area contributed by atoms with E-state index in [0.29, 0.717) is 25.1 Å². The van der Waals surface area contributed by atoms with Crippen LogP contribution in [0.3, 0.4) is 0 Å². The molecule has 3 aromatic rings. The van der Waals surface area contributed by atoms with Gasteiger partial charge in [-0.15, -0.1) is 0 Å². The summed E-state index contributed by atoms with van der Waals surface area (Å²) in [6.07, 6.45) is -1.19. The number of amides is 1. The number of rotatable bonds is 5. The summed E-state index contributed by atoms with van der Waals surface area (Å²) in [6.45, 7) is 0.933. The molecule has 3 aromatic carbocycles. The molecule has 0 aromatic heterocycles. The summed E-state index contributed by atoms with van der Waals surface area (Å²) in [5, 5.41) is 0. The van der Waals surface area contributed by atoms with E-state index in [4.69, 9.17) is 0 Å². The zero-order valence-corrected chi connectivity index (χ0v) is 18.1. The van der Waals surface area contributed by atoms with Crippen molar-refractivity contribution in [2.75, 3.05) is 13.1 Å². The van der Waals surface area contributed by atoms with Gasteiger partial charge < -0.3 is 4.90 Å². The van der Waals surface area contributed by atoms with Crippen molar-refractivity contribution < 1.29 is 22.4 Å². The molecule has 0 N–H and O–H groups in total. The van der Waals surface area contributed by atoms with E-state index in [-0.39, 0.29) is 5.56 Å². The fraction of sp³-hybridized carbons (Fsp3) is 0.296. The highest BCUT2D eigenvalue weighted by Gasteiger charge is 2.33. The Hall–Kier alpha value is -3.15. The third-order valence-corrected chi connectivity index (χ3v) is 6.28. The molecule has 1 aliphatic heterocycles. The number of likely N-dealkylation sites (tertiary alicyclic amines) is 1. The minimum Gasteiger partial charge on any atom is -0.339 e. The van der Waals surface area contributed by atoms with Gasteiger partial charge in [0.25, 0.3) is 5.91 Å². The van der Waals surface area contributed by atoms with Gasteiger partial charge in [0, 0.05) is 18.7 Å². The molecule has 0 atom stereocenters. The molecule has 0 radical (unpaired) electrons. The second-order valence-electron chi connectivity index (χ2n) is 8.56. The van der Waals surface area contributed by atoms with Crippen LogP contribution in [-0.4, -0.2) is 23.9 Å². The second kappa shape index (κ2) is 9.77. The normalized spacial score (nSPS) is 15.0. The van der Waals surface area contributed by atoms with Crippen LogP contribution in [-0.2, 0) is 12.6 Å². The smallest absolute Gasteiger partial charge is 0.339 e. The molecule has 1 heterocycles. The Morgan fingerprint density at radius 1 is 0.879 bits per heavy atom. The predicted octanol–water partition coefficient (Wildman–Crippen LogP) is 7.00. The summed E-state index contributed by atoms with van der Waals surface area (Å²) in [7, 11) is 0. The van der Waals surface area contributed by atoms with Gasteiger partial charge >= 0.3 is 6.18 Å². The van der Waals surface area contributed by atoms with Gasteiger partial charge in [-0.1, -0.05) is 54.6 Å². The molecule has 1 amide bonds. The molecule has 0 saturated carbocycles. The monoisotopic (exact) mass is 455 g/mol. The number of piperidine rings is 1. The van der Waals surface area contributed by atoms with E-state index in [1.165, 1.54) is 21.6 Å². The Kier molecular flexibility index (Phi) is 6.82. The van der Waals surface area contributed by atoms with Crippen LogP contribution in [0.15, 0.2) is 72.8 Å². The fourth-order valence-electron chi connectivity index (χ4n) is 4.35. The zero-order valence-electron chi connectivity index (χ0n) is 18.1. The van der Waals surface area contributed by atoms with Crippen molar-refractivity contribution in [2.45, 2.75) is 31.9 Å². The summed E-state index contributed by atoms with van der Waals surface area (Å²) in [5.41, 5.74) is 2.23. The maximum absolute atomic E-state index is 13.7. The highest BCUT2D eigenvalue weighted by Crippen LogP contribution is 2.31. The zero-order chi connectivity index (χ0) is 23.4. The second-order valence-corrected chi connectivity index (χ2v) is 8.56. The lowest BCUT2D eigenvalue weighted by Crippen LogP contribution is -2.38. The Morgan fingerprint density at radius 3 is 2.15 bits per heavy atom. The molecular formula is C27H25F4NO. The molecular weight excluding hydrogens is 430 g/mol. The summed E-state index contributed by atoms with van der Waals surface area (Å²) in [6, 6.07) is 20.7. The molecule has 0 spiro atoms. The van der Waals surface area contributed by atoms with Gasteiger partial charge in [-0.2, -0.15) is 13.2 Å². The van der Waals surface area contributed by atoms with E-state index in [9.17, 15) is 22.4 Å². The van der Waals surface area contributed by atoms with Crippen LogP contribution in [0.4, 0.5) is 17.6 Å². The first-order valence-corrected chi connectivity index (χ1v) is 11.1. The molecule has 0 unspecified atom stereocenters. The lowest BCUT2D eigenvalue weighted by Gasteiger charge is -2.32. The van der Waals surface area contributed by atoms with E-state index in [1.807, 2.05) is 18.2 Å². The molecule has 33 heavy (non-hydrogen) atoms. The van der Waals surface area contributed by atoms with E-state index in [2.05, 4.69) is 36.4 Å². The van der Waals surface area contributed by atoms with Crippen LogP contribution < -0.4 is 0 Å². The summed E-state index contributed by atoms with van der Waals surface area (Å²) >= 11 is 0. The van der Waals surface area contributed by atoms with E-state index in [0.717, 1.165) is 37.8 Å². The summed E-state index contributed by atoms with van der Waals surface area (Å²) < 4.78 is 52.5. The molecule has 2 nitrogen and oxygen atoms in total. The standard InChI is InChI=1S/C27H25F4NO/c28-25-17-23(16-24(18-25)27(29,30)31)26(33)32-14-12-20(13-15-32)7-6-19-8-10-22(11-9-19)21-4-2-1-3-5-21/h1-5,8-11,16-18,20H,6-7,12-15H2. The average molecular weight is 455 g/mol. The number of benzene rings is 3. The first-order chi connectivity index (χ1) is 15.8. The Morgan fingerprint density at radius 2 is 1.52 bits per heavy atom. The summed E-state index contributed by atoms with van der Waals surface area (Å²) in [4.78, 5) is 14.2. The van der Waals surface area contributed by atoms with Crippen molar-refractivity contribution in [1.82, 2.24) is 4.90 Å². The molecule has 0 aliphatic carbocycles. The third-order valence-electron chi connectivity index (χ3n) is 6.28. The van der Waals surface area contributed by atoms with Gasteiger partial charge in [-0.3, -0.25) is 4.79 Å².